The molecule has 6 heteroatoms. The van der Waals surface area contributed by atoms with Gasteiger partial charge in [0.15, 0.2) is 11.5 Å². The predicted molar refractivity (Wildman–Crippen MR) is 110 cm³/mol. The van der Waals surface area contributed by atoms with Gasteiger partial charge in [0.05, 0.1) is 26.1 Å². The molecule has 1 amide bonds. The Morgan fingerprint density at radius 2 is 1.63 bits per heavy atom. The Bertz CT molecular complexity index is 719. The molecule has 146 valence electrons. The van der Waals surface area contributed by atoms with Crippen molar-refractivity contribution in [1.82, 2.24) is 5.32 Å². The fourth-order valence-corrected chi connectivity index (χ4v) is 3.26. The molecule has 1 N–H and O–H groups in total. The molecule has 0 bridgehead atoms. The Hall–Kier alpha value is -2.34. The highest BCUT2D eigenvalue weighted by Crippen LogP contribution is 2.28. The van der Waals surface area contributed by atoms with Crippen molar-refractivity contribution in [1.29, 1.82) is 0 Å². The zero-order valence-corrected chi connectivity index (χ0v) is 16.9. The highest BCUT2D eigenvalue weighted by Gasteiger charge is 2.08. The number of rotatable bonds is 11. The first kappa shape index (κ1) is 21.0. The number of ether oxygens (including phenoxy) is 3. The summed E-state index contributed by atoms with van der Waals surface area (Å²) in [4.78, 5) is 12.1. The summed E-state index contributed by atoms with van der Waals surface area (Å²) in [6.45, 7) is 5.49. The predicted octanol–water partition coefficient (Wildman–Crippen LogP) is 4.04. The van der Waals surface area contributed by atoms with E-state index in [0.717, 1.165) is 22.8 Å². The van der Waals surface area contributed by atoms with Gasteiger partial charge in [-0.05, 0) is 49.2 Å². The van der Waals surface area contributed by atoms with Gasteiger partial charge in [-0.1, -0.05) is 18.2 Å². The summed E-state index contributed by atoms with van der Waals surface area (Å²) < 4.78 is 16.3. The molecular formula is C21H27NO4S. The van der Waals surface area contributed by atoms with Crippen LogP contribution in [0.2, 0.25) is 0 Å². The third kappa shape index (κ3) is 7.06. The molecule has 0 aromatic heterocycles. The molecule has 2 aromatic rings. The van der Waals surface area contributed by atoms with Crippen LogP contribution in [0.15, 0.2) is 42.5 Å². The van der Waals surface area contributed by atoms with E-state index in [1.165, 1.54) is 5.56 Å². The Morgan fingerprint density at radius 3 is 2.30 bits per heavy atom. The van der Waals surface area contributed by atoms with E-state index in [-0.39, 0.29) is 5.91 Å². The molecule has 27 heavy (non-hydrogen) atoms. The van der Waals surface area contributed by atoms with E-state index >= 15 is 0 Å². The van der Waals surface area contributed by atoms with Crippen molar-refractivity contribution in [3.8, 4) is 17.2 Å². The van der Waals surface area contributed by atoms with Crippen LogP contribution in [0.3, 0.4) is 0 Å². The Kier molecular flexibility index (Phi) is 8.84. The molecule has 0 heterocycles. The normalized spacial score (nSPS) is 10.3. The number of carbonyl (C=O) groups excluding carboxylic acids is 1. The summed E-state index contributed by atoms with van der Waals surface area (Å²) in [5, 5.41) is 2.95. The quantitative estimate of drug-likeness (QED) is 0.628. The second kappa shape index (κ2) is 11.4. The monoisotopic (exact) mass is 389 g/mol. The maximum absolute atomic E-state index is 12.1. The van der Waals surface area contributed by atoms with E-state index in [4.69, 9.17) is 14.2 Å². The van der Waals surface area contributed by atoms with E-state index in [1.54, 1.807) is 18.9 Å². The molecule has 0 radical (unpaired) electrons. The smallest absolute Gasteiger partial charge is 0.230 e. The highest BCUT2D eigenvalue weighted by molar-refractivity contribution is 7.99. The van der Waals surface area contributed by atoms with E-state index < -0.39 is 0 Å². The number of hydrogen-bond acceptors (Lipinski definition) is 5. The summed E-state index contributed by atoms with van der Waals surface area (Å²) in [5.41, 5.74) is 2.15. The van der Waals surface area contributed by atoms with Gasteiger partial charge in [0.1, 0.15) is 5.75 Å². The summed E-state index contributed by atoms with van der Waals surface area (Å²) in [6, 6.07) is 13.6. The van der Waals surface area contributed by atoms with Crippen LogP contribution in [0.25, 0.3) is 0 Å². The van der Waals surface area contributed by atoms with Gasteiger partial charge in [0, 0.05) is 12.3 Å². The fraction of sp³-hybridized carbons (Fsp3) is 0.381. The van der Waals surface area contributed by atoms with Crippen LogP contribution in [0.1, 0.15) is 25.0 Å². The molecule has 0 atom stereocenters. The summed E-state index contributed by atoms with van der Waals surface area (Å²) in [7, 11) is 1.65. The van der Waals surface area contributed by atoms with Gasteiger partial charge in [-0.25, -0.2) is 0 Å². The average molecular weight is 390 g/mol. The van der Waals surface area contributed by atoms with Crippen molar-refractivity contribution >= 4 is 17.7 Å². The van der Waals surface area contributed by atoms with Crippen LogP contribution in [-0.2, 0) is 17.1 Å². The number of benzene rings is 2. The zero-order chi connectivity index (χ0) is 19.5. The van der Waals surface area contributed by atoms with Gasteiger partial charge in [-0.2, -0.15) is 0 Å². The largest absolute Gasteiger partial charge is 0.497 e. The minimum atomic E-state index is 0.0142. The molecule has 2 rings (SSSR count). The molecule has 0 aliphatic rings. The molecule has 0 saturated carbocycles. The third-order valence-corrected chi connectivity index (χ3v) is 4.76. The first-order valence-electron chi connectivity index (χ1n) is 9.02. The number of hydrogen-bond donors (Lipinski definition) is 1. The standard InChI is InChI=1S/C21H27NO4S/c1-4-25-19-11-8-17(12-20(19)26-5-2)13-22-21(23)15-27-14-16-6-9-18(24-3)10-7-16/h6-12H,4-5,13-15H2,1-3H3,(H,22,23). The molecule has 0 fully saturated rings. The van der Waals surface area contributed by atoms with E-state index in [1.807, 2.05) is 56.3 Å². The molecule has 0 saturated heterocycles. The third-order valence-electron chi connectivity index (χ3n) is 3.76. The molecule has 5 nitrogen and oxygen atoms in total. The Labute approximate surface area is 165 Å². The van der Waals surface area contributed by atoms with Crippen molar-refractivity contribution in [2.75, 3.05) is 26.1 Å². The lowest BCUT2D eigenvalue weighted by atomic mass is 10.2. The lowest BCUT2D eigenvalue weighted by Gasteiger charge is -2.13. The number of carbonyl (C=O) groups is 1. The first-order chi connectivity index (χ1) is 13.2. The maximum atomic E-state index is 12.1. The molecule has 0 spiro atoms. The first-order valence-corrected chi connectivity index (χ1v) is 10.2. The van der Waals surface area contributed by atoms with E-state index in [0.29, 0.717) is 31.3 Å². The van der Waals surface area contributed by atoms with E-state index in [9.17, 15) is 4.79 Å². The van der Waals surface area contributed by atoms with Gasteiger partial charge in [0.2, 0.25) is 5.91 Å². The lowest BCUT2D eigenvalue weighted by Crippen LogP contribution is -2.24. The van der Waals surface area contributed by atoms with Crippen molar-refractivity contribution in [2.45, 2.75) is 26.1 Å². The van der Waals surface area contributed by atoms with Crippen LogP contribution in [-0.4, -0.2) is 32.0 Å². The fourth-order valence-electron chi connectivity index (χ4n) is 2.44. The number of thioether (sulfide) groups is 1. The van der Waals surface area contributed by atoms with Gasteiger partial charge >= 0.3 is 0 Å². The highest BCUT2D eigenvalue weighted by atomic mass is 32.2. The van der Waals surface area contributed by atoms with Gasteiger partial charge in [0.25, 0.3) is 0 Å². The number of methoxy groups -OCH3 is 1. The van der Waals surface area contributed by atoms with Gasteiger partial charge < -0.3 is 19.5 Å². The summed E-state index contributed by atoms with van der Waals surface area (Å²) in [5.74, 6) is 3.49. The van der Waals surface area contributed by atoms with Crippen molar-refractivity contribution in [2.24, 2.45) is 0 Å². The van der Waals surface area contributed by atoms with Crippen LogP contribution < -0.4 is 19.5 Å². The minimum absolute atomic E-state index is 0.0142. The molecule has 0 aliphatic carbocycles. The Balaban J connectivity index is 1.78. The van der Waals surface area contributed by atoms with E-state index in [2.05, 4.69) is 5.32 Å². The van der Waals surface area contributed by atoms with Crippen molar-refractivity contribution in [3.63, 3.8) is 0 Å². The summed E-state index contributed by atoms with van der Waals surface area (Å²) in [6.07, 6.45) is 0. The van der Waals surface area contributed by atoms with Crippen molar-refractivity contribution in [3.05, 3.63) is 53.6 Å². The number of amides is 1. The van der Waals surface area contributed by atoms with Gasteiger partial charge in [-0.15, -0.1) is 11.8 Å². The molecule has 0 aliphatic heterocycles. The van der Waals surface area contributed by atoms with Crippen molar-refractivity contribution < 1.29 is 19.0 Å². The SMILES string of the molecule is CCOc1ccc(CNC(=O)CSCc2ccc(OC)cc2)cc1OCC. The minimum Gasteiger partial charge on any atom is -0.497 e. The van der Waals surface area contributed by atoms with Crippen LogP contribution in [0.4, 0.5) is 0 Å². The lowest BCUT2D eigenvalue weighted by molar-refractivity contribution is -0.118. The molecule has 0 unspecified atom stereocenters. The summed E-state index contributed by atoms with van der Waals surface area (Å²) >= 11 is 1.59. The second-order valence-corrected chi connectivity index (χ2v) is 6.75. The van der Waals surface area contributed by atoms with Crippen LogP contribution in [0, 0.1) is 0 Å². The average Bonchev–Trinajstić information content (AvgIpc) is 2.69. The van der Waals surface area contributed by atoms with Crippen LogP contribution in [0.5, 0.6) is 17.2 Å². The molecular weight excluding hydrogens is 362 g/mol. The van der Waals surface area contributed by atoms with Crippen LogP contribution >= 0.6 is 11.8 Å². The molecule has 2 aromatic carbocycles. The second-order valence-electron chi connectivity index (χ2n) is 5.76. The number of nitrogens with one attached hydrogen (secondary N) is 1. The van der Waals surface area contributed by atoms with Gasteiger partial charge in [-0.3, -0.25) is 4.79 Å². The zero-order valence-electron chi connectivity index (χ0n) is 16.1. The Morgan fingerprint density at radius 1 is 0.963 bits per heavy atom. The topological polar surface area (TPSA) is 56.8 Å². The maximum Gasteiger partial charge on any atom is 0.230 e.